The summed E-state index contributed by atoms with van der Waals surface area (Å²) in [6, 6.07) is 15.6. The van der Waals surface area contributed by atoms with Crippen LogP contribution in [-0.2, 0) is 15.0 Å². The third kappa shape index (κ3) is 3.98. The van der Waals surface area contributed by atoms with Crippen molar-refractivity contribution < 1.29 is 18.8 Å². The SMILES string of the molecule is CC(=O)c1ccc(NC(=O)C2NC3(CCCCC3)C3(C(=O)Nc4cc(Cl)ccc43)C2c2cccc(Cl)c2F)cc1. The van der Waals surface area contributed by atoms with Crippen LogP contribution in [0.4, 0.5) is 15.8 Å². The number of anilines is 2. The Morgan fingerprint density at radius 3 is 2.42 bits per heavy atom. The Hall–Kier alpha value is -3.26. The molecule has 2 amide bonds. The van der Waals surface area contributed by atoms with Crippen molar-refractivity contribution in [2.24, 2.45) is 0 Å². The number of hydrogen-bond donors (Lipinski definition) is 3. The highest BCUT2D eigenvalue weighted by molar-refractivity contribution is 6.31. The van der Waals surface area contributed by atoms with Crippen LogP contribution in [0.25, 0.3) is 0 Å². The number of ketones is 1. The molecule has 40 heavy (non-hydrogen) atoms. The number of carbonyl (C=O) groups is 3. The highest BCUT2D eigenvalue weighted by atomic mass is 35.5. The van der Waals surface area contributed by atoms with Gasteiger partial charge in [0, 0.05) is 33.4 Å². The smallest absolute Gasteiger partial charge is 0.242 e. The maximum Gasteiger partial charge on any atom is 0.242 e. The van der Waals surface area contributed by atoms with Gasteiger partial charge in [0.25, 0.3) is 0 Å². The molecular formula is C31H28Cl2FN3O3. The molecule has 1 aliphatic carbocycles. The van der Waals surface area contributed by atoms with Crippen LogP contribution in [-0.4, -0.2) is 29.2 Å². The van der Waals surface area contributed by atoms with Gasteiger partial charge in [-0.25, -0.2) is 4.39 Å². The van der Waals surface area contributed by atoms with Crippen molar-refractivity contribution in [2.45, 2.75) is 61.9 Å². The van der Waals surface area contributed by atoms with Gasteiger partial charge in [0.2, 0.25) is 11.8 Å². The van der Waals surface area contributed by atoms with Crippen molar-refractivity contribution in [3.8, 4) is 0 Å². The Kier molecular flexibility index (Phi) is 6.72. The first-order valence-corrected chi connectivity index (χ1v) is 14.2. The molecule has 3 aliphatic rings. The van der Waals surface area contributed by atoms with Crippen LogP contribution >= 0.6 is 23.2 Å². The average Bonchev–Trinajstić information content (AvgIpc) is 3.38. The van der Waals surface area contributed by atoms with Crippen LogP contribution in [0, 0.1) is 5.82 Å². The molecule has 206 valence electrons. The Morgan fingerprint density at radius 2 is 1.73 bits per heavy atom. The summed E-state index contributed by atoms with van der Waals surface area (Å²) in [5.41, 5.74) is 0.373. The minimum absolute atomic E-state index is 0.0778. The van der Waals surface area contributed by atoms with Gasteiger partial charge in [0.1, 0.15) is 11.2 Å². The van der Waals surface area contributed by atoms with Gasteiger partial charge < -0.3 is 10.6 Å². The lowest BCUT2D eigenvalue weighted by Gasteiger charge is -2.47. The number of amides is 2. The van der Waals surface area contributed by atoms with Crippen molar-refractivity contribution in [1.82, 2.24) is 5.32 Å². The van der Waals surface area contributed by atoms with E-state index in [2.05, 4.69) is 16.0 Å². The fourth-order valence-corrected chi connectivity index (χ4v) is 7.58. The van der Waals surface area contributed by atoms with E-state index in [1.807, 2.05) is 6.07 Å². The monoisotopic (exact) mass is 579 g/mol. The number of halogens is 3. The van der Waals surface area contributed by atoms with Gasteiger partial charge in [-0.1, -0.05) is 60.7 Å². The molecule has 0 aromatic heterocycles. The van der Waals surface area contributed by atoms with E-state index in [9.17, 15) is 14.4 Å². The highest BCUT2D eigenvalue weighted by Crippen LogP contribution is 2.62. The predicted octanol–water partition coefficient (Wildman–Crippen LogP) is 6.62. The minimum atomic E-state index is -1.29. The number of Topliss-reactive ketones (excluding diaryl/α,β-unsaturated/α-hetero) is 1. The fourth-order valence-electron chi connectivity index (χ4n) is 7.23. The summed E-state index contributed by atoms with van der Waals surface area (Å²) in [7, 11) is 0. The Balaban J connectivity index is 1.54. The summed E-state index contributed by atoms with van der Waals surface area (Å²) < 4.78 is 15.9. The lowest BCUT2D eigenvalue weighted by atomic mass is 9.55. The zero-order valence-electron chi connectivity index (χ0n) is 21.8. The van der Waals surface area contributed by atoms with Gasteiger partial charge in [-0.05, 0) is 73.4 Å². The van der Waals surface area contributed by atoms with Crippen molar-refractivity contribution in [1.29, 1.82) is 0 Å². The van der Waals surface area contributed by atoms with Crippen LogP contribution in [0.15, 0.2) is 60.7 Å². The summed E-state index contributed by atoms with van der Waals surface area (Å²) in [6.07, 6.45) is 3.99. The molecule has 3 aromatic rings. The van der Waals surface area contributed by atoms with Gasteiger partial charge in [0.15, 0.2) is 5.78 Å². The topological polar surface area (TPSA) is 87.3 Å². The van der Waals surface area contributed by atoms with Crippen molar-refractivity contribution >= 4 is 52.2 Å². The van der Waals surface area contributed by atoms with Crippen LogP contribution in [0.5, 0.6) is 0 Å². The summed E-state index contributed by atoms with van der Waals surface area (Å²) >= 11 is 12.6. The maximum absolute atomic E-state index is 15.9. The first-order valence-electron chi connectivity index (χ1n) is 13.4. The number of hydrogen-bond acceptors (Lipinski definition) is 4. The Bertz CT molecular complexity index is 1540. The number of carbonyl (C=O) groups excluding carboxylic acids is 3. The maximum atomic E-state index is 15.9. The van der Waals surface area contributed by atoms with Crippen molar-refractivity contribution in [3.05, 3.63) is 93.2 Å². The van der Waals surface area contributed by atoms with E-state index >= 15 is 4.39 Å². The molecule has 2 heterocycles. The highest BCUT2D eigenvalue weighted by Gasteiger charge is 2.72. The normalized spacial score (nSPS) is 24.6. The van der Waals surface area contributed by atoms with Crippen LogP contribution < -0.4 is 16.0 Å². The molecule has 3 aromatic carbocycles. The molecule has 2 fully saturated rings. The van der Waals surface area contributed by atoms with Crippen molar-refractivity contribution in [2.75, 3.05) is 10.6 Å². The van der Waals surface area contributed by atoms with E-state index in [0.29, 0.717) is 40.4 Å². The zero-order valence-corrected chi connectivity index (χ0v) is 23.3. The summed E-state index contributed by atoms with van der Waals surface area (Å²) in [4.78, 5) is 40.2. The summed E-state index contributed by atoms with van der Waals surface area (Å²) in [5, 5.41) is 9.95. The number of benzene rings is 3. The first kappa shape index (κ1) is 26.9. The summed E-state index contributed by atoms with van der Waals surface area (Å²) in [5.74, 6) is -2.34. The second-order valence-electron chi connectivity index (χ2n) is 11.0. The van der Waals surface area contributed by atoms with Gasteiger partial charge >= 0.3 is 0 Å². The minimum Gasteiger partial charge on any atom is -0.325 e. The first-order chi connectivity index (χ1) is 19.2. The molecule has 0 bridgehead atoms. The van der Waals surface area contributed by atoms with Gasteiger partial charge in [-0.15, -0.1) is 0 Å². The zero-order chi connectivity index (χ0) is 28.2. The lowest BCUT2D eigenvalue weighted by Crippen LogP contribution is -2.60. The van der Waals surface area contributed by atoms with Gasteiger partial charge in [-0.2, -0.15) is 0 Å². The molecule has 6 rings (SSSR count). The molecule has 9 heteroatoms. The standard InChI is InChI=1S/C31H28Cl2FN3O3/c1-17(38)18-8-11-20(12-9-18)35-28(39)27-25(21-6-5-7-23(33)26(21)34)31(30(37-27)14-3-2-4-15-30)22-13-10-19(32)16-24(22)36-29(31)40/h5-13,16,25,27,37H,2-4,14-15H2,1H3,(H,35,39)(H,36,40). The van der Waals surface area contributed by atoms with E-state index in [1.54, 1.807) is 48.5 Å². The number of nitrogens with one attached hydrogen (secondary N) is 3. The van der Waals surface area contributed by atoms with E-state index in [1.165, 1.54) is 13.0 Å². The van der Waals surface area contributed by atoms with Gasteiger partial charge in [-0.3, -0.25) is 19.7 Å². The quantitative estimate of drug-likeness (QED) is 0.303. The Morgan fingerprint density at radius 1 is 1.00 bits per heavy atom. The molecule has 3 unspecified atom stereocenters. The molecule has 2 aliphatic heterocycles. The molecule has 2 spiro atoms. The number of fused-ring (bicyclic) bond motifs is 3. The molecular weight excluding hydrogens is 552 g/mol. The van der Waals surface area contributed by atoms with Crippen LogP contribution in [0.2, 0.25) is 10.0 Å². The van der Waals surface area contributed by atoms with Gasteiger partial charge in [0.05, 0.1) is 11.1 Å². The van der Waals surface area contributed by atoms with E-state index in [-0.39, 0.29) is 22.3 Å². The van der Waals surface area contributed by atoms with E-state index in [4.69, 9.17) is 23.2 Å². The second kappa shape index (κ2) is 9.98. The average molecular weight is 580 g/mol. The van der Waals surface area contributed by atoms with E-state index in [0.717, 1.165) is 19.3 Å². The molecule has 3 N–H and O–H groups in total. The molecule has 1 saturated heterocycles. The third-order valence-corrected chi connectivity index (χ3v) is 9.39. The summed E-state index contributed by atoms with van der Waals surface area (Å²) in [6.45, 7) is 1.47. The lowest BCUT2D eigenvalue weighted by molar-refractivity contribution is -0.124. The Labute approximate surface area is 241 Å². The second-order valence-corrected chi connectivity index (χ2v) is 11.8. The molecule has 1 saturated carbocycles. The van der Waals surface area contributed by atoms with Crippen LogP contribution in [0.3, 0.4) is 0 Å². The predicted molar refractivity (Wildman–Crippen MR) is 154 cm³/mol. The molecule has 6 nitrogen and oxygen atoms in total. The van der Waals surface area contributed by atoms with E-state index < -0.39 is 34.6 Å². The number of rotatable bonds is 4. The molecule has 0 radical (unpaired) electrons. The van der Waals surface area contributed by atoms with Crippen molar-refractivity contribution in [3.63, 3.8) is 0 Å². The largest absolute Gasteiger partial charge is 0.325 e. The molecule has 3 atom stereocenters. The van der Waals surface area contributed by atoms with Crippen LogP contribution in [0.1, 0.15) is 66.4 Å². The fraction of sp³-hybridized carbons (Fsp3) is 0.323. The third-order valence-electron chi connectivity index (χ3n) is 8.86.